The molecule has 1 fully saturated rings. The van der Waals surface area contributed by atoms with Crippen LogP contribution >= 0.6 is 0 Å². The molecule has 130 valence electrons. The van der Waals surface area contributed by atoms with E-state index in [0.29, 0.717) is 43.2 Å². The van der Waals surface area contributed by atoms with Crippen LogP contribution in [-0.4, -0.2) is 37.1 Å². The predicted molar refractivity (Wildman–Crippen MR) is 95.3 cm³/mol. The molecule has 1 heterocycles. The minimum atomic E-state index is -0.424. The summed E-state index contributed by atoms with van der Waals surface area (Å²) in [5.41, 5.74) is 2.48. The highest BCUT2D eigenvalue weighted by Crippen LogP contribution is 2.31. The minimum Gasteiger partial charge on any atom is -0.378 e. The zero-order valence-electron chi connectivity index (χ0n) is 13.9. The standard InChI is InChI=1S/C18H19N3O4/c1-13-2-4-14(5-3-13)18(22)19-15-6-7-16(17(12-15)21(23)24)20-8-10-25-11-9-20/h2-7,12H,8-11H2,1H3,(H,19,22). The number of ether oxygens (including phenoxy) is 1. The Bertz CT molecular complexity index is 783. The summed E-state index contributed by atoms with van der Waals surface area (Å²) < 4.78 is 5.29. The van der Waals surface area contributed by atoms with Gasteiger partial charge in [-0.25, -0.2) is 0 Å². The zero-order valence-corrected chi connectivity index (χ0v) is 13.9. The van der Waals surface area contributed by atoms with Crippen molar-refractivity contribution in [3.05, 3.63) is 63.7 Å². The molecule has 0 saturated carbocycles. The molecule has 0 unspecified atom stereocenters. The summed E-state index contributed by atoms with van der Waals surface area (Å²) in [7, 11) is 0. The lowest BCUT2D eigenvalue weighted by molar-refractivity contribution is -0.384. The van der Waals surface area contributed by atoms with Gasteiger partial charge in [0.25, 0.3) is 11.6 Å². The van der Waals surface area contributed by atoms with Crippen molar-refractivity contribution in [3.8, 4) is 0 Å². The van der Waals surface area contributed by atoms with Crippen LogP contribution in [0.15, 0.2) is 42.5 Å². The van der Waals surface area contributed by atoms with Crippen LogP contribution in [-0.2, 0) is 4.74 Å². The first-order valence-electron chi connectivity index (χ1n) is 8.04. The average molecular weight is 341 g/mol. The lowest BCUT2D eigenvalue weighted by atomic mass is 10.1. The number of morpholine rings is 1. The number of rotatable bonds is 4. The molecule has 0 aliphatic carbocycles. The number of anilines is 2. The number of hydrogen-bond donors (Lipinski definition) is 1. The van der Waals surface area contributed by atoms with Gasteiger partial charge in [-0.15, -0.1) is 0 Å². The van der Waals surface area contributed by atoms with Crippen molar-refractivity contribution in [1.29, 1.82) is 0 Å². The Morgan fingerprint density at radius 2 is 1.84 bits per heavy atom. The Kier molecular flexibility index (Phi) is 4.95. The Morgan fingerprint density at radius 3 is 2.48 bits per heavy atom. The van der Waals surface area contributed by atoms with E-state index in [1.807, 2.05) is 24.0 Å². The second kappa shape index (κ2) is 7.31. The summed E-state index contributed by atoms with van der Waals surface area (Å²) in [6, 6.07) is 11.9. The van der Waals surface area contributed by atoms with Gasteiger partial charge in [0, 0.05) is 30.4 Å². The van der Waals surface area contributed by atoms with Gasteiger partial charge in [0.2, 0.25) is 0 Å². The maximum atomic E-state index is 12.3. The van der Waals surface area contributed by atoms with Crippen molar-refractivity contribution in [3.63, 3.8) is 0 Å². The first kappa shape index (κ1) is 16.9. The molecule has 0 radical (unpaired) electrons. The van der Waals surface area contributed by atoms with E-state index in [9.17, 15) is 14.9 Å². The second-order valence-corrected chi connectivity index (χ2v) is 5.88. The van der Waals surface area contributed by atoms with Crippen molar-refractivity contribution < 1.29 is 14.5 Å². The Labute approximate surface area is 145 Å². The molecule has 0 atom stereocenters. The van der Waals surface area contributed by atoms with Crippen LogP contribution in [0.5, 0.6) is 0 Å². The van der Waals surface area contributed by atoms with Gasteiger partial charge in [0.15, 0.2) is 0 Å². The monoisotopic (exact) mass is 341 g/mol. The molecule has 25 heavy (non-hydrogen) atoms. The highest BCUT2D eigenvalue weighted by atomic mass is 16.6. The van der Waals surface area contributed by atoms with E-state index in [4.69, 9.17) is 4.74 Å². The first-order chi connectivity index (χ1) is 12.0. The summed E-state index contributed by atoms with van der Waals surface area (Å²) in [5, 5.41) is 14.2. The van der Waals surface area contributed by atoms with Crippen LogP contribution in [0, 0.1) is 17.0 Å². The molecule has 7 heteroatoms. The van der Waals surface area contributed by atoms with Gasteiger partial charge in [-0.05, 0) is 31.2 Å². The van der Waals surface area contributed by atoms with E-state index < -0.39 is 4.92 Å². The van der Waals surface area contributed by atoms with Gasteiger partial charge in [-0.3, -0.25) is 14.9 Å². The third-order valence-electron chi connectivity index (χ3n) is 4.10. The maximum Gasteiger partial charge on any atom is 0.294 e. The Balaban J connectivity index is 1.82. The van der Waals surface area contributed by atoms with Crippen molar-refractivity contribution >= 4 is 23.0 Å². The van der Waals surface area contributed by atoms with Gasteiger partial charge >= 0.3 is 0 Å². The molecular formula is C18H19N3O4. The molecule has 3 rings (SSSR count). The molecule has 1 aliphatic rings. The molecule has 2 aromatic carbocycles. The van der Waals surface area contributed by atoms with E-state index >= 15 is 0 Å². The van der Waals surface area contributed by atoms with Crippen molar-refractivity contribution in [2.75, 3.05) is 36.5 Å². The molecule has 1 N–H and O–H groups in total. The zero-order chi connectivity index (χ0) is 17.8. The van der Waals surface area contributed by atoms with Gasteiger partial charge in [0.05, 0.1) is 18.1 Å². The molecule has 1 saturated heterocycles. The summed E-state index contributed by atoms with van der Waals surface area (Å²) >= 11 is 0. The fourth-order valence-electron chi connectivity index (χ4n) is 2.73. The SMILES string of the molecule is Cc1ccc(C(=O)Nc2ccc(N3CCOCC3)c([N+](=O)[O-])c2)cc1. The van der Waals surface area contributed by atoms with Gasteiger partial charge in [0.1, 0.15) is 5.69 Å². The van der Waals surface area contributed by atoms with E-state index in [1.54, 1.807) is 24.3 Å². The number of nitrogens with zero attached hydrogens (tertiary/aromatic N) is 2. The lowest BCUT2D eigenvalue weighted by Crippen LogP contribution is -2.36. The molecule has 1 amide bonds. The molecule has 0 bridgehead atoms. The van der Waals surface area contributed by atoms with E-state index in [1.165, 1.54) is 6.07 Å². The Morgan fingerprint density at radius 1 is 1.16 bits per heavy atom. The van der Waals surface area contributed by atoms with Crippen molar-refractivity contribution in [1.82, 2.24) is 0 Å². The van der Waals surface area contributed by atoms with Crippen LogP contribution in [0.25, 0.3) is 0 Å². The summed E-state index contributed by atoms with van der Waals surface area (Å²) in [4.78, 5) is 25.2. The number of hydrogen-bond acceptors (Lipinski definition) is 5. The summed E-state index contributed by atoms with van der Waals surface area (Å²) in [6.07, 6.45) is 0. The minimum absolute atomic E-state index is 0.0244. The van der Waals surface area contributed by atoms with Crippen molar-refractivity contribution in [2.45, 2.75) is 6.92 Å². The summed E-state index contributed by atoms with van der Waals surface area (Å²) in [6.45, 7) is 4.24. The van der Waals surface area contributed by atoms with Gasteiger partial charge in [-0.2, -0.15) is 0 Å². The van der Waals surface area contributed by atoms with Crippen LogP contribution in [0.4, 0.5) is 17.1 Å². The first-order valence-corrected chi connectivity index (χ1v) is 8.04. The fraction of sp³-hybridized carbons (Fsp3) is 0.278. The number of nitrogens with one attached hydrogen (secondary N) is 1. The number of amides is 1. The molecule has 0 spiro atoms. The summed E-state index contributed by atoms with van der Waals surface area (Å²) in [5.74, 6) is -0.298. The fourth-order valence-corrected chi connectivity index (χ4v) is 2.73. The van der Waals surface area contributed by atoms with Gasteiger partial charge < -0.3 is 15.0 Å². The predicted octanol–water partition coefficient (Wildman–Crippen LogP) is 2.99. The van der Waals surface area contributed by atoms with Crippen molar-refractivity contribution in [2.24, 2.45) is 0 Å². The molecule has 2 aromatic rings. The lowest BCUT2D eigenvalue weighted by Gasteiger charge is -2.28. The van der Waals surface area contributed by atoms with Crippen LogP contribution in [0.1, 0.15) is 15.9 Å². The number of nitro groups is 1. The number of carbonyl (C=O) groups is 1. The Hall–Kier alpha value is -2.93. The van der Waals surface area contributed by atoms with E-state index in [-0.39, 0.29) is 11.6 Å². The molecule has 1 aliphatic heterocycles. The highest BCUT2D eigenvalue weighted by molar-refractivity contribution is 6.04. The quantitative estimate of drug-likeness (QED) is 0.682. The van der Waals surface area contributed by atoms with E-state index in [0.717, 1.165) is 5.56 Å². The third kappa shape index (κ3) is 3.95. The number of benzene rings is 2. The number of nitro benzene ring substituents is 1. The largest absolute Gasteiger partial charge is 0.378 e. The van der Waals surface area contributed by atoms with Crippen LogP contribution in [0.2, 0.25) is 0 Å². The highest BCUT2D eigenvalue weighted by Gasteiger charge is 2.22. The second-order valence-electron chi connectivity index (χ2n) is 5.88. The number of carbonyl (C=O) groups excluding carboxylic acids is 1. The average Bonchev–Trinajstić information content (AvgIpc) is 2.63. The topological polar surface area (TPSA) is 84.7 Å². The molecule has 0 aromatic heterocycles. The van der Waals surface area contributed by atoms with Gasteiger partial charge in [-0.1, -0.05) is 17.7 Å². The molecule has 7 nitrogen and oxygen atoms in total. The third-order valence-corrected chi connectivity index (χ3v) is 4.10. The number of aryl methyl sites for hydroxylation is 1. The van der Waals surface area contributed by atoms with Crippen LogP contribution in [0.3, 0.4) is 0 Å². The molecular weight excluding hydrogens is 322 g/mol. The van der Waals surface area contributed by atoms with E-state index in [2.05, 4.69) is 5.32 Å². The van der Waals surface area contributed by atoms with Crippen LogP contribution < -0.4 is 10.2 Å². The normalized spacial score (nSPS) is 14.2. The maximum absolute atomic E-state index is 12.3. The smallest absolute Gasteiger partial charge is 0.294 e.